The van der Waals surface area contributed by atoms with Crippen LogP contribution in [-0.2, 0) is 0 Å². The van der Waals surface area contributed by atoms with E-state index in [2.05, 4.69) is 49.3 Å². The van der Waals surface area contributed by atoms with Crippen LogP contribution in [0.25, 0.3) is 0 Å². The molecule has 0 unspecified atom stereocenters. The average molecular weight is 246 g/mol. The summed E-state index contributed by atoms with van der Waals surface area (Å²) in [6, 6.07) is 6.74. The fourth-order valence-electron chi connectivity index (χ4n) is 2.90. The molecule has 2 rings (SSSR count). The molecule has 18 heavy (non-hydrogen) atoms. The Morgan fingerprint density at radius 1 is 1.22 bits per heavy atom. The molecule has 0 amide bonds. The highest BCUT2D eigenvalue weighted by molar-refractivity contribution is 5.53. The van der Waals surface area contributed by atoms with Crippen LogP contribution in [0.3, 0.4) is 0 Å². The molecule has 1 N–H and O–H groups in total. The zero-order valence-electron chi connectivity index (χ0n) is 12.0. The van der Waals surface area contributed by atoms with Gasteiger partial charge < -0.3 is 10.2 Å². The van der Waals surface area contributed by atoms with E-state index in [1.165, 1.54) is 55.7 Å². The summed E-state index contributed by atoms with van der Waals surface area (Å²) in [4.78, 5) is 2.41. The molecule has 0 bridgehead atoms. The van der Waals surface area contributed by atoms with Crippen molar-refractivity contribution in [1.29, 1.82) is 0 Å². The van der Waals surface area contributed by atoms with Gasteiger partial charge in [-0.2, -0.15) is 0 Å². The number of aryl methyl sites for hydroxylation is 2. The second-order valence-corrected chi connectivity index (χ2v) is 5.69. The lowest BCUT2D eigenvalue weighted by Crippen LogP contribution is -2.30. The largest absolute Gasteiger partial charge is 0.374 e. The van der Waals surface area contributed by atoms with E-state index in [9.17, 15) is 0 Å². The molecule has 0 atom stereocenters. The molecule has 1 aromatic rings. The molecule has 0 aromatic heterocycles. The van der Waals surface area contributed by atoms with Crippen LogP contribution in [0.1, 0.15) is 30.4 Å². The molecule has 0 aliphatic carbocycles. The van der Waals surface area contributed by atoms with Crippen LogP contribution in [0.4, 0.5) is 5.69 Å². The first-order valence-corrected chi connectivity index (χ1v) is 7.16. The molecule has 2 heteroatoms. The maximum absolute atomic E-state index is 3.44. The van der Waals surface area contributed by atoms with Gasteiger partial charge in [0.25, 0.3) is 0 Å². The average Bonchev–Trinajstić information content (AvgIpc) is 2.37. The molecule has 1 aliphatic heterocycles. The summed E-state index contributed by atoms with van der Waals surface area (Å²) < 4.78 is 0. The van der Waals surface area contributed by atoms with E-state index in [4.69, 9.17) is 0 Å². The van der Waals surface area contributed by atoms with E-state index in [0.29, 0.717) is 0 Å². The van der Waals surface area contributed by atoms with E-state index in [1.54, 1.807) is 0 Å². The minimum atomic E-state index is 0.916. The van der Waals surface area contributed by atoms with Gasteiger partial charge in [-0.25, -0.2) is 0 Å². The SMILES string of the molecule is Cc1ccc(N(C)CCC2CCNCC2)c(C)c1. The minimum Gasteiger partial charge on any atom is -0.374 e. The highest BCUT2D eigenvalue weighted by Crippen LogP contribution is 2.22. The van der Waals surface area contributed by atoms with Crippen molar-refractivity contribution in [2.45, 2.75) is 33.1 Å². The van der Waals surface area contributed by atoms with Gasteiger partial charge in [0.2, 0.25) is 0 Å². The third-order valence-electron chi connectivity index (χ3n) is 4.10. The highest BCUT2D eigenvalue weighted by Gasteiger charge is 2.14. The van der Waals surface area contributed by atoms with Gasteiger partial charge in [-0.15, -0.1) is 0 Å². The maximum Gasteiger partial charge on any atom is 0.0393 e. The van der Waals surface area contributed by atoms with E-state index >= 15 is 0 Å². The van der Waals surface area contributed by atoms with Crippen LogP contribution in [0.15, 0.2) is 18.2 Å². The lowest BCUT2D eigenvalue weighted by molar-refractivity contribution is 0.356. The molecule has 1 fully saturated rings. The monoisotopic (exact) mass is 246 g/mol. The van der Waals surface area contributed by atoms with E-state index in [1.807, 2.05) is 0 Å². The van der Waals surface area contributed by atoms with Gasteiger partial charge >= 0.3 is 0 Å². The minimum absolute atomic E-state index is 0.916. The van der Waals surface area contributed by atoms with Gasteiger partial charge in [0.05, 0.1) is 0 Å². The third-order valence-corrected chi connectivity index (χ3v) is 4.10. The lowest BCUT2D eigenvalue weighted by Gasteiger charge is -2.27. The number of hydrogen-bond acceptors (Lipinski definition) is 2. The van der Waals surface area contributed by atoms with Crippen molar-refractivity contribution in [3.63, 3.8) is 0 Å². The predicted molar refractivity (Wildman–Crippen MR) is 79.4 cm³/mol. The number of benzene rings is 1. The number of nitrogens with one attached hydrogen (secondary N) is 1. The van der Waals surface area contributed by atoms with Crippen molar-refractivity contribution in [3.05, 3.63) is 29.3 Å². The smallest absolute Gasteiger partial charge is 0.0393 e. The van der Waals surface area contributed by atoms with Crippen molar-refractivity contribution in [1.82, 2.24) is 5.32 Å². The van der Waals surface area contributed by atoms with Crippen LogP contribution in [0.5, 0.6) is 0 Å². The normalized spacial score (nSPS) is 16.8. The summed E-state index contributed by atoms with van der Waals surface area (Å²) in [6.45, 7) is 7.96. The van der Waals surface area contributed by atoms with Crippen LogP contribution in [0.2, 0.25) is 0 Å². The topological polar surface area (TPSA) is 15.3 Å². The Morgan fingerprint density at radius 2 is 1.94 bits per heavy atom. The number of anilines is 1. The van der Waals surface area contributed by atoms with Gasteiger partial charge in [-0.3, -0.25) is 0 Å². The van der Waals surface area contributed by atoms with E-state index in [-0.39, 0.29) is 0 Å². The molecule has 0 spiro atoms. The van der Waals surface area contributed by atoms with Crippen molar-refractivity contribution in [2.24, 2.45) is 5.92 Å². The highest BCUT2D eigenvalue weighted by atomic mass is 15.1. The van der Waals surface area contributed by atoms with Crippen molar-refractivity contribution in [2.75, 3.05) is 31.6 Å². The van der Waals surface area contributed by atoms with Gasteiger partial charge in [0.1, 0.15) is 0 Å². The standard InChI is InChI=1S/C16H26N2/c1-13-4-5-16(14(2)12-13)18(3)11-8-15-6-9-17-10-7-15/h4-5,12,15,17H,6-11H2,1-3H3. The summed E-state index contributed by atoms with van der Waals surface area (Å²) in [7, 11) is 2.22. The number of rotatable bonds is 4. The Morgan fingerprint density at radius 3 is 2.61 bits per heavy atom. The van der Waals surface area contributed by atoms with Crippen LogP contribution < -0.4 is 10.2 Å². The second-order valence-electron chi connectivity index (χ2n) is 5.69. The molecule has 0 radical (unpaired) electrons. The maximum atomic E-state index is 3.44. The summed E-state index contributed by atoms with van der Waals surface area (Å²) in [5.41, 5.74) is 4.13. The van der Waals surface area contributed by atoms with Gasteiger partial charge in [-0.1, -0.05) is 17.7 Å². The summed E-state index contributed by atoms with van der Waals surface area (Å²) >= 11 is 0. The molecule has 1 saturated heterocycles. The fourth-order valence-corrected chi connectivity index (χ4v) is 2.90. The third kappa shape index (κ3) is 3.49. The number of nitrogens with zero attached hydrogens (tertiary/aromatic N) is 1. The summed E-state index contributed by atoms with van der Waals surface area (Å²) in [5, 5.41) is 3.44. The first-order valence-electron chi connectivity index (χ1n) is 7.16. The van der Waals surface area contributed by atoms with Crippen molar-refractivity contribution < 1.29 is 0 Å². The lowest BCUT2D eigenvalue weighted by atomic mass is 9.94. The molecule has 1 heterocycles. The van der Waals surface area contributed by atoms with Crippen LogP contribution >= 0.6 is 0 Å². The summed E-state index contributed by atoms with van der Waals surface area (Å²) in [5.74, 6) is 0.916. The quantitative estimate of drug-likeness (QED) is 0.878. The Hall–Kier alpha value is -1.02. The first kappa shape index (κ1) is 13.4. The molecule has 100 valence electrons. The van der Waals surface area contributed by atoms with E-state index in [0.717, 1.165) is 5.92 Å². The number of hydrogen-bond donors (Lipinski definition) is 1. The van der Waals surface area contributed by atoms with Crippen LogP contribution in [-0.4, -0.2) is 26.7 Å². The van der Waals surface area contributed by atoms with Crippen molar-refractivity contribution >= 4 is 5.69 Å². The summed E-state index contributed by atoms with van der Waals surface area (Å²) in [6.07, 6.45) is 4.02. The van der Waals surface area contributed by atoms with Gasteiger partial charge in [0, 0.05) is 19.3 Å². The molecule has 1 aromatic carbocycles. The Bertz CT molecular complexity index is 381. The fraction of sp³-hybridized carbons (Fsp3) is 0.625. The van der Waals surface area contributed by atoms with Crippen LogP contribution in [0, 0.1) is 19.8 Å². The van der Waals surface area contributed by atoms with Gasteiger partial charge in [-0.05, 0) is 63.7 Å². The number of piperidine rings is 1. The Labute approximate surface area is 111 Å². The molecular weight excluding hydrogens is 220 g/mol. The zero-order chi connectivity index (χ0) is 13.0. The van der Waals surface area contributed by atoms with Gasteiger partial charge in [0.15, 0.2) is 0 Å². The Kier molecular flexibility index (Phi) is 4.65. The molecular formula is C16H26N2. The molecule has 2 nitrogen and oxygen atoms in total. The zero-order valence-corrected chi connectivity index (χ0v) is 12.0. The molecule has 0 saturated carbocycles. The van der Waals surface area contributed by atoms with E-state index < -0.39 is 0 Å². The Balaban J connectivity index is 1.88. The second kappa shape index (κ2) is 6.24. The first-order chi connectivity index (χ1) is 8.66. The molecule has 1 aliphatic rings. The van der Waals surface area contributed by atoms with Crippen molar-refractivity contribution in [3.8, 4) is 0 Å². The predicted octanol–water partition coefficient (Wildman–Crippen LogP) is 3.13.